The molecule has 3 aliphatic rings. The molecule has 2 aromatic rings. The molecule has 7 nitrogen and oxygen atoms in total. The zero-order valence-electron chi connectivity index (χ0n) is 24.7. The molecule has 3 amide bonds. The summed E-state index contributed by atoms with van der Waals surface area (Å²) in [4.78, 5) is 48.9. The number of anilines is 2. The van der Waals surface area contributed by atoms with Crippen LogP contribution in [-0.2, 0) is 14.4 Å². The number of aryl methyl sites for hydroxylation is 2. The van der Waals surface area contributed by atoms with Crippen LogP contribution in [0.4, 0.5) is 11.4 Å². The molecule has 1 spiro atoms. The minimum absolute atomic E-state index is 0.0674. The van der Waals surface area contributed by atoms with Crippen molar-refractivity contribution < 1.29 is 19.5 Å². The number of para-hydroxylation sites is 2. The summed E-state index contributed by atoms with van der Waals surface area (Å²) in [5.41, 5.74) is 3.50. The van der Waals surface area contributed by atoms with Crippen LogP contribution >= 0.6 is 11.8 Å². The van der Waals surface area contributed by atoms with Gasteiger partial charge in [0.2, 0.25) is 11.8 Å². The number of carbonyl (C=O) groups excluding carboxylic acids is 3. The van der Waals surface area contributed by atoms with Crippen molar-refractivity contribution in [2.45, 2.75) is 62.1 Å². The highest BCUT2D eigenvalue weighted by Crippen LogP contribution is 2.67. The number of aliphatic hydroxyl groups excluding tert-OH is 1. The van der Waals surface area contributed by atoms with Crippen LogP contribution in [0.15, 0.2) is 73.8 Å². The zero-order valence-corrected chi connectivity index (χ0v) is 25.6. The second kappa shape index (κ2) is 12.1. The first-order valence-corrected chi connectivity index (χ1v) is 15.7. The molecular formula is C34H41N3O4S. The summed E-state index contributed by atoms with van der Waals surface area (Å²) >= 11 is 1.65. The second-order valence-electron chi connectivity index (χ2n) is 11.6. The first kappa shape index (κ1) is 30.1. The highest BCUT2D eigenvalue weighted by molar-refractivity contribution is 8.02. The van der Waals surface area contributed by atoms with Gasteiger partial charge in [-0.05, 0) is 56.4 Å². The lowest BCUT2D eigenvalue weighted by Gasteiger charge is -2.40. The minimum atomic E-state index is -0.802. The third-order valence-corrected chi connectivity index (χ3v) is 11.2. The molecule has 2 bridgehead atoms. The smallest absolute Gasteiger partial charge is 0.251 e. The van der Waals surface area contributed by atoms with Crippen LogP contribution < -0.4 is 9.80 Å². The van der Waals surface area contributed by atoms with Crippen LogP contribution in [0.25, 0.3) is 0 Å². The third kappa shape index (κ3) is 4.69. The van der Waals surface area contributed by atoms with Crippen molar-refractivity contribution in [1.82, 2.24) is 4.90 Å². The topological polar surface area (TPSA) is 81.2 Å². The Morgan fingerprint density at radius 2 is 1.69 bits per heavy atom. The molecule has 0 radical (unpaired) electrons. The Hall–Kier alpha value is -3.36. The molecule has 0 saturated carbocycles. The molecular weight excluding hydrogens is 546 g/mol. The van der Waals surface area contributed by atoms with Crippen LogP contribution in [0.3, 0.4) is 0 Å². The van der Waals surface area contributed by atoms with Crippen LogP contribution in [0, 0.1) is 25.7 Å². The predicted octanol–water partition coefficient (Wildman–Crippen LogP) is 4.90. The maximum absolute atomic E-state index is 14.9. The monoisotopic (exact) mass is 587 g/mol. The van der Waals surface area contributed by atoms with E-state index in [2.05, 4.69) is 13.2 Å². The first-order valence-electron chi connectivity index (χ1n) is 14.8. The molecule has 0 aliphatic carbocycles. The van der Waals surface area contributed by atoms with E-state index in [1.165, 1.54) is 0 Å². The van der Waals surface area contributed by atoms with E-state index < -0.39 is 28.7 Å². The number of carbonyl (C=O) groups is 3. The molecule has 0 aromatic heterocycles. The quantitative estimate of drug-likeness (QED) is 0.378. The lowest BCUT2D eigenvalue weighted by Crippen LogP contribution is -2.57. The second-order valence-corrected chi connectivity index (χ2v) is 13.2. The van der Waals surface area contributed by atoms with Crippen molar-refractivity contribution in [2.75, 3.05) is 29.5 Å². The van der Waals surface area contributed by atoms with Crippen molar-refractivity contribution in [1.29, 1.82) is 0 Å². The van der Waals surface area contributed by atoms with E-state index in [4.69, 9.17) is 0 Å². The number of amides is 3. The van der Waals surface area contributed by atoms with Gasteiger partial charge in [-0.15, -0.1) is 24.9 Å². The Morgan fingerprint density at radius 1 is 1.05 bits per heavy atom. The summed E-state index contributed by atoms with van der Waals surface area (Å²) < 4.78 is -0.756. The van der Waals surface area contributed by atoms with Gasteiger partial charge in [0.05, 0.1) is 29.2 Å². The van der Waals surface area contributed by atoms with E-state index in [0.717, 1.165) is 28.9 Å². The van der Waals surface area contributed by atoms with E-state index in [0.29, 0.717) is 19.4 Å². The molecule has 6 atom stereocenters. The molecule has 3 heterocycles. The zero-order chi connectivity index (χ0) is 30.2. The molecule has 2 unspecified atom stereocenters. The van der Waals surface area contributed by atoms with Gasteiger partial charge >= 0.3 is 0 Å². The van der Waals surface area contributed by atoms with Gasteiger partial charge in [0.25, 0.3) is 5.91 Å². The van der Waals surface area contributed by atoms with Crippen LogP contribution in [0.5, 0.6) is 0 Å². The molecule has 1 N–H and O–H groups in total. The van der Waals surface area contributed by atoms with Crippen molar-refractivity contribution >= 4 is 40.9 Å². The minimum Gasteiger partial charge on any atom is -0.394 e. The normalized spacial score (nSPS) is 26.6. The number of aliphatic hydroxyl groups is 1. The average molecular weight is 588 g/mol. The van der Waals surface area contributed by atoms with Gasteiger partial charge in [0, 0.05) is 29.7 Å². The molecule has 3 aliphatic heterocycles. The highest BCUT2D eigenvalue weighted by atomic mass is 32.2. The van der Waals surface area contributed by atoms with E-state index >= 15 is 0 Å². The Labute approximate surface area is 253 Å². The SMILES string of the molecule is C=CCN(C(=O)[C@@H]1[C@H]2C(=O)N([C@@H](CC)CO)C(C(=O)N(CC=C)c3c(C)cccc3C)C23CC[C@H]1S3)c1ccccc1. The summed E-state index contributed by atoms with van der Waals surface area (Å²) in [6.45, 7) is 14.1. The fourth-order valence-corrected chi connectivity index (χ4v) is 9.69. The average Bonchev–Trinajstić information content (AvgIpc) is 3.63. The fraction of sp³-hybridized carbons (Fsp3) is 0.441. The lowest BCUT2D eigenvalue weighted by atomic mass is 9.70. The van der Waals surface area contributed by atoms with Crippen LogP contribution in [0.1, 0.15) is 37.3 Å². The number of hydrogen-bond acceptors (Lipinski definition) is 5. The molecule has 222 valence electrons. The van der Waals surface area contributed by atoms with E-state index in [1.807, 2.05) is 69.3 Å². The molecule has 2 aromatic carbocycles. The van der Waals surface area contributed by atoms with Gasteiger partial charge in [0.1, 0.15) is 6.04 Å². The van der Waals surface area contributed by atoms with Gasteiger partial charge in [-0.25, -0.2) is 0 Å². The number of benzene rings is 2. The summed E-state index contributed by atoms with van der Waals surface area (Å²) in [5, 5.41) is 10.4. The summed E-state index contributed by atoms with van der Waals surface area (Å²) in [7, 11) is 0. The largest absolute Gasteiger partial charge is 0.394 e. The predicted molar refractivity (Wildman–Crippen MR) is 170 cm³/mol. The standard InChI is InChI=1S/C34H41N3O4S/c1-6-19-35(25-15-10-9-11-16-25)31(39)27-26-17-18-34(42-26)28(27)32(40)37(24(8-3)21-38)30(34)33(41)36(20-7-2)29-22(4)13-12-14-23(29)5/h6-7,9-16,24,26-28,30,38H,1-2,8,17-21H2,3-5H3/t24-,26+,27-,28-,30?,34?/m0/s1. The maximum atomic E-state index is 14.9. The van der Waals surface area contributed by atoms with Crippen molar-refractivity contribution in [3.05, 3.63) is 85.0 Å². The van der Waals surface area contributed by atoms with E-state index in [-0.39, 0.29) is 36.1 Å². The molecule has 3 saturated heterocycles. The van der Waals surface area contributed by atoms with Crippen molar-refractivity contribution in [3.63, 3.8) is 0 Å². The number of nitrogens with zero attached hydrogens (tertiary/aromatic N) is 3. The van der Waals surface area contributed by atoms with Gasteiger partial charge in [-0.1, -0.05) is 55.5 Å². The highest BCUT2D eigenvalue weighted by Gasteiger charge is 2.74. The first-order chi connectivity index (χ1) is 20.2. The van der Waals surface area contributed by atoms with Crippen LogP contribution in [-0.4, -0.2) is 69.5 Å². The lowest BCUT2D eigenvalue weighted by molar-refractivity contribution is -0.141. The molecule has 8 heteroatoms. The Morgan fingerprint density at radius 3 is 2.29 bits per heavy atom. The van der Waals surface area contributed by atoms with Crippen molar-refractivity contribution in [2.24, 2.45) is 11.8 Å². The Bertz CT molecular complexity index is 1360. The summed E-state index contributed by atoms with van der Waals surface area (Å²) in [6.07, 6.45) is 5.33. The van der Waals surface area contributed by atoms with Gasteiger partial charge < -0.3 is 19.8 Å². The number of likely N-dealkylation sites (tertiary alicyclic amines) is 1. The van der Waals surface area contributed by atoms with E-state index in [1.54, 1.807) is 38.6 Å². The molecule has 3 fully saturated rings. The van der Waals surface area contributed by atoms with Gasteiger partial charge in [-0.2, -0.15) is 0 Å². The number of hydrogen-bond donors (Lipinski definition) is 1. The Balaban J connectivity index is 1.61. The number of thioether (sulfide) groups is 1. The molecule has 42 heavy (non-hydrogen) atoms. The summed E-state index contributed by atoms with van der Waals surface area (Å²) in [6, 6.07) is 14.1. The third-order valence-electron chi connectivity index (χ3n) is 9.27. The number of fused-ring (bicyclic) bond motifs is 1. The van der Waals surface area contributed by atoms with Gasteiger partial charge in [-0.3, -0.25) is 14.4 Å². The van der Waals surface area contributed by atoms with Gasteiger partial charge in [0.15, 0.2) is 0 Å². The van der Waals surface area contributed by atoms with Crippen LogP contribution in [0.2, 0.25) is 0 Å². The van der Waals surface area contributed by atoms with E-state index in [9.17, 15) is 19.5 Å². The summed E-state index contributed by atoms with van der Waals surface area (Å²) in [5.74, 6) is -1.71. The molecule has 5 rings (SSSR count). The number of rotatable bonds is 11. The fourth-order valence-electron chi connectivity index (χ4n) is 7.50. The van der Waals surface area contributed by atoms with Crippen molar-refractivity contribution in [3.8, 4) is 0 Å². The Kier molecular flexibility index (Phi) is 8.67. The maximum Gasteiger partial charge on any atom is 0.251 e.